The summed E-state index contributed by atoms with van der Waals surface area (Å²) in [6, 6.07) is 9.34. The van der Waals surface area contributed by atoms with Crippen LogP contribution < -0.4 is 15.5 Å². The van der Waals surface area contributed by atoms with Crippen molar-refractivity contribution in [3.05, 3.63) is 65.0 Å². The monoisotopic (exact) mass is 478 g/mol. The molecular weight excluding hydrogens is 455 g/mol. The molecule has 0 spiro atoms. The second-order valence-electron chi connectivity index (χ2n) is 8.55. The molecule has 0 atom stereocenters. The molecule has 1 heterocycles. The molecule has 10 heteroatoms. The van der Waals surface area contributed by atoms with Gasteiger partial charge in [-0.05, 0) is 31.7 Å². The summed E-state index contributed by atoms with van der Waals surface area (Å²) in [5, 5.41) is 6.83. The Balaban J connectivity index is 1.42. The third-order valence-electron chi connectivity index (χ3n) is 6.03. The van der Waals surface area contributed by atoms with E-state index in [4.69, 9.17) is 0 Å². The van der Waals surface area contributed by atoms with Gasteiger partial charge in [0.1, 0.15) is 11.4 Å². The van der Waals surface area contributed by atoms with Crippen LogP contribution in [0.25, 0.3) is 10.9 Å². The van der Waals surface area contributed by atoms with Gasteiger partial charge in [-0.1, -0.05) is 18.2 Å². The third kappa shape index (κ3) is 4.49. The van der Waals surface area contributed by atoms with Gasteiger partial charge in [-0.3, -0.25) is 4.79 Å². The number of aromatic nitrogens is 1. The summed E-state index contributed by atoms with van der Waals surface area (Å²) in [5.41, 5.74) is 0.394. The zero-order valence-corrected chi connectivity index (χ0v) is 18.6. The first-order chi connectivity index (χ1) is 16.2. The van der Waals surface area contributed by atoms with E-state index in [1.165, 1.54) is 0 Å². The largest absolute Gasteiger partial charge is 0.377 e. The summed E-state index contributed by atoms with van der Waals surface area (Å²) in [6.45, 7) is 0. The van der Waals surface area contributed by atoms with E-state index in [2.05, 4.69) is 15.6 Å². The number of halogens is 5. The van der Waals surface area contributed by atoms with Gasteiger partial charge in [-0.2, -0.15) is 0 Å². The Labute approximate surface area is 193 Å². The molecule has 1 aliphatic carbocycles. The molecule has 1 amide bonds. The summed E-state index contributed by atoms with van der Waals surface area (Å²) >= 11 is 0. The number of hydrogen-bond donors (Lipinski definition) is 2. The number of pyridine rings is 1. The molecule has 0 aliphatic heterocycles. The Kier molecular flexibility index (Phi) is 6.58. The van der Waals surface area contributed by atoms with Crippen molar-refractivity contribution in [1.82, 2.24) is 10.3 Å². The minimum atomic E-state index is -2.29. The van der Waals surface area contributed by atoms with Crippen molar-refractivity contribution in [3.8, 4) is 0 Å². The SMILES string of the molecule is CN(C)c1cc(N[C@H]2CC[C@@H](NC(=O)c3c(F)c(F)c(F)c(F)c3F)CC2)nc2ccccc12. The minimum Gasteiger partial charge on any atom is -0.377 e. The van der Waals surface area contributed by atoms with Crippen molar-refractivity contribution in [1.29, 1.82) is 0 Å². The van der Waals surface area contributed by atoms with E-state index in [-0.39, 0.29) is 6.04 Å². The Bertz CT molecular complexity index is 1210. The molecule has 1 fully saturated rings. The Morgan fingerprint density at radius 3 is 2.06 bits per heavy atom. The van der Waals surface area contributed by atoms with Crippen LogP contribution in [0.5, 0.6) is 0 Å². The van der Waals surface area contributed by atoms with E-state index < -0.39 is 46.6 Å². The summed E-state index contributed by atoms with van der Waals surface area (Å²) in [5.74, 6) is -11.5. The number of amides is 1. The number of fused-ring (bicyclic) bond motifs is 1. The molecule has 180 valence electrons. The molecule has 2 aromatic carbocycles. The van der Waals surface area contributed by atoms with Crippen molar-refractivity contribution in [2.24, 2.45) is 0 Å². The van der Waals surface area contributed by atoms with Crippen molar-refractivity contribution < 1.29 is 26.7 Å². The fourth-order valence-corrected chi connectivity index (χ4v) is 4.25. The van der Waals surface area contributed by atoms with Crippen LogP contribution in [-0.2, 0) is 0 Å². The van der Waals surface area contributed by atoms with Gasteiger partial charge in [0, 0.05) is 43.3 Å². The molecule has 4 rings (SSSR count). The molecule has 1 aromatic heterocycles. The summed E-state index contributed by atoms with van der Waals surface area (Å²) < 4.78 is 67.9. The fourth-order valence-electron chi connectivity index (χ4n) is 4.25. The Morgan fingerprint density at radius 1 is 0.882 bits per heavy atom. The average molecular weight is 478 g/mol. The van der Waals surface area contributed by atoms with Crippen LogP contribution in [0.15, 0.2) is 30.3 Å². The molecule has 3 aromatic rings. The minimum absolute atomic E-state index is 0.0472. The Morgan fingerprint density at radius 2 is 1.44 bits per heavy atom. The molecule has 0 saturated heterocycles. The maximum absolute atomic E-state index is 13.9. The highest BCUT2D eigenvalue weighted by molar-refractivity contribution is 5.95. The van der Waals surface area contributed by atoms with E-state index in [0.29, 0.717) is 31.5 Å². The lowest BCUT2D eigenvalue weighted by atomic mass is 9.91. The normalized spacial score (nSPS) is 18.1. The molecule has 0 bridgehead atoms. The molecule has 2 N–H and O–H groups in total. The van der Waals surface area contributed by atoms with Crippen molar-refractivity contribution in [2.45, 2.75) is 37.8 Å². The summed E-state index contributed by atoms with van der Waals surface area (Å²) in [4.78, 5) is 19.0. The first-order valence-corrected chi connectivity index (χ1v) is 10.8. The zero-order chi connectivity index (χ0) is 24.6. The highest BCUT2D eigenvalue weighted by atomic mass is 19.2. The van der Waals surface area contributed by atoms with Gasteiger partial charge in [0.05, 0.1) is 5.52 Å². The van der Waals surface area contributed by atoms with Gasteiger partial charge >= 0.3 is 0 Å². The molecule has 0 unspecified atom stereocenters. The van der Waals surface area contributed by atoms with Crippen LogP contribution in [0.2, 0.25) is 0 Å². The van der Waals surface area contributed by atoms with Crippen LogP contribution in [0.3, 0.4) is 0 Å². The van der Waals surface area contributed by atoms with Gasteiger partial charge in [0.25, 0.3) is 5.91 Å². The lowest BCUT2D eigenvalue weighted by molar-refractivity contribution is 0.0914. The fraction of sp³-hybridized carbons (Fsp3) is 0.333. The van der Waals surface area contributed by atoms with Crippen LogP contribution in [0.1, 0.15) is 36.0 Å². The lowest BCUT2D eigenvalue weighted by Crippen LogP contribution is -2.41. The number of anilines is 2. The highest BCUT2D eigenvalue weighted by Gasteiger charge is 2.31. The maximum Gasteiger partial charge on any atom is 0.257 e. The first-order valence-electron chi connectivity index (χ1n) is 10.8. The number of carbonyl (C=O) groups is 1. The highest BCUT2D eigenvalue weighted by Crippen LogP contribution is 2.30. The third-order valence-corrected chi connectivity index (χ3v) is 6.03. The van der Waals surface area contributed by atoms with Crippen molar-refractivity contribution >= 4 is 28.3 Å². The second kappa shape index (κ2) is 9.44. The average Bonchev–Trinajstić information content (AvgIpc) is 2.82. The van der Waals surface area contributed by atoms with Crippen molar-refractivity contribution in [2.75, 3.05) is 24.3 Å². The van der Waals surface area contributed by atoms with E-state index in [1.807, 2.05) is 49.3 Å². The number of nitrogens with zero attached hydrogens (tertiary/aromatic N) is 2. The van der Waals surface area contributed by atoms with Gasteiger partial charge in [0.15, 0.2) is 23.3 Å². The van der Waals surface area contributed by atoms with E-state index in [0.717, 1.165) is 16.6 Å². The van der Waals surface area contributed by atoms with Gasteiger partial charge in [-0.25, -0.2) is 26.9 Å². The van der Waals surface area contributed by atoms with E-state index in [9.17, 15) is 26.7 Å². The van der Waals surface area contributed by atoms with Crippen LogP contribution >= 0.6 is 0 Å². The molecule has 0 radical (unpaired) electrons. The van der Waals surface area contributed by atoms with Crippen LogP contribution in [0.4, 0.5) is 33.5 Å². The topological polar surface area (TPSA) is 57.3 Å². The molecular formula is C24H23F5N4O. The molecule has 34 heavy (non-hydrogen) atoms. The number of para-hydroxylation sites is 1. The number of rotatable bonds is 5. The standard InChI is InChI=1S/C24H23F5N4O/c1-33(2)16-11-17(32-15-6-4-3-5-14(15)16)30-12-7-9-13(10-8-12)31-24(34)18-19(25)21(27)23(29)22(28)20(18)26/h3-6,11-13H,7-10H2,1-2H3,(H,30,32)(H,31,34)/t12-,13+. The maximum atomic E-state index is 13.9. The van der Waals surface area contributed by atoms with Gasteiger partial charge < -0.3 is 15.5 Å². The molecule has 1 aliphatic rings. The van der Waals surface area contributed by atoms with Crippen LogP contribution in [0, 0.1) is 29.1 Å². The number of benzene rings is 2. The number of hydrogen-bond acceptors (Lipinski definition) is 4. The van der Waals surface area contributed by atoms with E-state index in [1.54, 1.807) is 0 Å². The number of nitrogens with one attached hydrogen (secondary N) is 2. The molecule has 5 nitrogen and oxygen atoms in total. The quantitative estimate of drug-likeness (QED) is 0.303. The Hall–Kier alpha value is -3.43. The van der Waals surface area contributed by atoms with Gasteiger partial charge in [-0.15, -0.1) is 0 Å². The summed E-state index contributed by atoms with van der Waals surface area (Å²) in [7, 11) is 3.90. The zero-order valence-electron chi connectivity index (χ0n) is 18.6. The predicted octanol–water partition coefficient (Wildman–Crippen LogP) is 5.15. The summed E-state index contributed by atoms with van der Waals surface area (Å²) in [6.07, 6.45) is 2.17. The molecule has 1 saturated carbocycles. The van der Waals surface area contributed by atoms with Gasteiger partial charge in [0.2, 0.25) is 5.82 Å². The van der Waals surface area contributed by atoms with Crippen molar-refractivity contribution in [3.63, 3.8) is 0 Å². The predicted molar refractivity (Wildman–Crippen MR) is 119 cm³/mol. The van der Waals surface area contributed by atoms with Crippen LogP contribution in [-0.4, -0.2) is 37.1 Å². The second-order valence-corrected chi connectivity index (χ2v) is 8.55. The van der Waals surface area contributed by atoms with E-state index >= 15 is 0 Å². The first kappa shape index (κ1) is 23.7. The lowest BCUT2D eigenvalue weighted by Gasteiger charge is -2.30. The number of carbonyl (C=O) groups excluding carboxylic acids is 1. The smallest absolute Gasteiger partial charge is 0.257 e.